The Morgan fingerprint density at radius 3 is 2.83 bits per heavy atom. The molecule has 3 aromatic heterocycles. The van der Waals surface area contributed by atoms with Gasteiger partial charge in [0.25, 0.3) is 0 Å². The lowest BCUT2D eigenvalue weighted by molar-refractivity contribution is 0.104. The molecule has 5 rings (SSSR count). The van der Waals surface area contributed by atoms with Crippen molar-refractivity contribution in [2.45, 2.75) is 0 Å². The first-order valence-electron chi connectivity index (χ1n) is 8.58. The summed E-state index contributed by atoms with van der Waals surface area (Å²) in [6, 6.07) is 12.3. The number of hydrogen-bond acceptors (Lipinski definition) is 5. The molecule has 0 spiro atoms. The first kappa shape index (κ1) is 17.7. The van der Waals surface area contributed by atoms with Gasteiger partial charge >= 0.3 is 0 Å². The van der Waals surface area contributed by atoms with E-state index in [1.165, 1.54) is 6.33 Å². The van der Waals surface area contributed by atoms with Gasteiger partial charge in [0.15, 0.2) is 17.1 Å². The second-order valence-corrected chi connectivity index (χ2v) is 7.02. The number of aromatic nitrogens is 3. The molecule has 142 valence electrons. The summed E-state index contributed by atoms with van der Waals surface area (Å²) in [6.07, 6.45) is 4.47. The lowest BCUT2D eigenvalue weighted by Crippen LogP contribution is -2.02. The molecule has 0 saturated carbocycles. The average molecular weight is 424 g/mol. The molecule has 8 heteroatoms. The number of H-pyrrole nitrogens is 1. The van der Waals surface area contributed by atoms with Crippen LogP contribution in [0.3, 0.4) is 0 Å². The van der Waals surface area contributed by atoms with E-state index in [0.29, 0.717) is 39.2 Å². The van der Waals surface area contributed by atoms with Crippen LogP contribution in [0.15, 0.2) is 65.7 Å². The molecule has 1 N–H and O–H groups in total. The zero-order valence-corrected chi connectivity index (χ0v) is 16.2. The predicted molar refractivity (Wildman–Crippen MR) is 110 cm³/mol. The second-order valence-electron chi connectivity index (χ2n) is 6.26. The molecule has 0 amide bonds. The van der Waals surface area contributed by atoms with Crippen molar-refractivity contribution in [1.82, 2.24) is 15.0 Å². The summed E-state index contributed by atoms with van der Waals surface area (Å²) in [7, 11) is 0. The minimum atomic E-state index is -0.294. The number of para-hydroxylation sites is 1. The van der Waals surface area contributed by atoms with Crippen molar-refractivity contribution in [1.29, 1.82) is 0 Å². The Morgan fingerprint density at radius 1 is 1.07 bits per heavy atom. The van der Waals surface area contributed by atoms with Gasteiger partial charge in [-0.25, -0.2) is 9.97 Å². The van der Waals surface area contributed by atoms with Crippen molar-refractivity contribution in [3.05, 3.63) is 82.6 Å². The third kappa shape index (κ3) is 3.03. The molecule has 0 saturated heterocycles. The Hall–Kier alpha value is -3.35. The first-order valence-corrected chi connectivity index (χ1v) is 9.33. The zero-order valence-electron chi connectivity index (χ0n) is 14.6. The number of carbonyl (C=O) groups is 1. The Bertz CT molecular complexity index is 1390. The van der Waals surface area contributed by atoms with Crippen LogP contribution in [0.1, 0.15) is 15.9 Å². The number of nitrogens with zero attached hydrogens (tertiary/aromatic N) is 2. The number of ether oxygens (including phenoxy) is 1. The van der Waals surface area contributed by atoms with Gasteiger partial charge in [-0.2, -0.15) is 0 Å². The van der Waals surface area contributed by atoms with E-state index >= 15 is 0 Å². The molecule has 0 aliphatic heterocycles. The van der Waals surface area contributed by atoms with Gasteiger partial charge in [0.2, 0.25) is 0 Å². The number of halogens is 2. The lowest BCUT2D eigenvalue weighted by Gasteiger charge is -2.09. The van der Waals surface area contributed by atoms with Crippen LogP contribution < -0.4 is 4.74 Å². The number of aromatic amines is 1. The number of benzene rings is 2. The smallest absolute Gasteiger partial charge is 0.196 e. The zero-order chi connectivity index (χ0) is 20.0. The Morgan fingerprint density at radius 2 is 1.97 bits per heavy atom. The summed E-state index contributed by atoms with van der Waals surface area (Å²) in [6.45, 7) is 0. The molecular weight excluding hydrogens is 413 g/mol. The van der Waals surface area contributed by atoms with Crippen LogP contribution >= 0.6 is 23.2 Å². The molecule has 0 aliphatic carbocycles. The van der Waals surface area contributed by atoms with Crippen LogP contribution in [0.5, 0.6) is 11.5 Å². The number of hydrogen-bond donors (Lipinski definition) is 1. The fourth-order valence-corrected chi connectivity index (χ4v) is 3.66. The number of furan rings is 1. The topological polar surface area (TPSA) is 81.0 Å². The number of rotatable bonds is 4. The monoisotopic (exact) mass is 423 g/mol. The summed E-state index contributed by atoms with van der Waals surface area (Å²) in [4.78, 5) is 24.0. The molecule has 0 unspecified atom stereocenters. The highest BCUT2D eigenvalue weighted by Crippen LogP contribution is 2.34. The summed E-state index contributed by atoms with van der Waals surface area (Å²) in [5.74, 6) is 0.747. The van der Waals surface area contributed by atoms with Crippen LogP contribution in [0.4, 0.5) is 0 Å². The average Bonchev–Trinajstić information content (AvgIpc) is 3.36. The first-order chi connectivity index (χ1) is 14.1. The van der Waals surface area contributed by atoms with E-state index in [9.17, 15) is 4.79 Å². The van der Waals surface area contributed by atoms with Crippen LogP contribution in [-0.2, 0) is 0 Å². The predicted octanol–water partition coefficient (Wildman–Crippen LogP) is 6.03. The summed E-state index contributed by atoms with van der Waals surface area (Å²) in [5, 5.41) is 1.84. The largest absolute Gasteiger partial charge is 0.460 e. The van der Waals surface area contributed by atoms with Gasteiger partial charge in [-0.15, -0.1) is 0 Å². The molecule has 2 aromatic carbocycles. The van der Waals surface area contributed by atoms with Gasteiger partial charge in [-0.05, 0) is 24.3 Å². The van der Waals surface area contributed by atoms with E-state index < -0.39 is 0 Å². The van der Waals surface area contributed by atoms with Crippen molar-refractivity contribution < 1.29 is 13.9 Å². The lowest BCUT2D eigenvalue weighted by atomic mass is 10.0. The second kappa shape index (κ2) is 6.92. The third-order valence-corrected chi connectivity index (χ3v) is 5.12. The quantitative estimate of drug-likeness (QED) is 0.281. The molecule has 5 aromatic rings. The van der Waals surface area contributed by atoms with Crippen molar-refractivity contribution in [3.8, 4) is 11.5 Å². The summed E-state index contributed by atoms with van der Waals surface area (Å²) in [5.41, 5.74) is 1.78. The SMILES string of the molecule is O=C(c1ccc(Oc2cccc3ccoc23)cc1Cl)c1c[nH]c2ncnc(Cl)c12. The summed E-state index contributed by atoms with van der Waals surface area (Å²) >= 11 is 12.5. The fourth-order valence-electron chi connectivity index (χ4n) is 3.17. The van der Waals surface area contributed by atoms with Crippen molar-refractivity contribution in [2.75, 3.05) is 0 Å². The highest BCUT2D eigenvalue weighted by atomic mass is 35.5. The Balaban J connectivity index is 1.49. The number of carbonyl (C=O) groups excluding carboxylic acids is 1. The molecule has 0 radical (unpaired) electrons. The van der Waals surface area contributed by atoms with Crippen LogP contribution in [-0.4, -0.2) is 20.7 Å². The molecule has 3 heterocycles. The third-order valence-electron chi connectivity index (χ3n) is 4.52. The van der Waals surface area contributed by atoms with Gasteiger partial charge in [0, 0.05) is 23.2 Å². The van der Waals surface area contributed by atoms with Crippen LogP contribution in [0.25, 0.3) is 22.0 Å². The van der Waals surface area contributed by atoms with E-state index in [4.69, 9.17) is 32.4 Å². The normalized spacial score (nSPS) is 11.2. The fraction of sp³-hybridized carbons (Fsp3) is 0. The molecule has 0 bridgehead atoms. The van der Waals surface area contributed by atoms with Gasteiger partial charge in [-0.3, -0.25) is 4.79 Å². The maximum atomic E-state index is 13.0. The maximum absolute atomic E-state index is 13.0. The molecule has 29 heavy (non-hydrogen) atoms. The van der Waals surface area contributed by atoms with E-state index in [0.717, 1.165) is 5.39 Å². The van der Waals surface area contributed by atoms with Gasteiger partial charge in [0.1, 0.15) is 22.9 Å². The molecule has 0 aliphatic rings. The van der Waals surface area contributed by atoms with E-state index in [-0.39, 0.29) is 16.0 Å². The Kier molecular flexibility index (Phi) is 4.23. The van der Waals surface area contributed by atoms with E-state index in [1.54, 1.807) is 36.7 Å². The highest BCUT2D eigenvalue weighted by molar-refractivity contribution is 6.38. The number of ketones is 1. The molecule has 6 nitrogen and oxygen atoms in total. The van der Waals surface area contributed by atoms with Crippen molar-refractivity contribution in [2.24, 2.45) is 0 Å². The van der Waals surface area contributed by atoms with Crippen LogP contribution in [0, 0.1) is 0 Å². The Labute approximate surface area is 174 Å². The maximum Gasteiger partial charge on any atom is 0.196 e. The van der Waals surface area contributed by atoms with Crippen molar-refractivity contribution in [3.63, 3.8) is 0 Å². The van der Waals surface area contributed by atoms with Gasteiger partial charge in [0.05, 0.1) is 22.2 Å². The minimum Gasteiger partial charge on any atom is -0.460 e. The number of nitrogens with one attached hydrogen (secondary N) is 1. The standard InChI is InChI=1S/C21H11Cl2N3O3/c22-15-8-12(29-16-3-1-2-11-6-7-28-19(11)16)4-5-13(15)18(27)14-9-24-21-17(14)20(23)25-10-26-21/h1-10H,(H,24,25,26). The summed E-state index contributed by atoms with van der Waals surface area (Å²) < 4.78 is 11.4. The van der Waals surface area contributed by atoms with E-state index in [2.05, 4.69) is 15.0 Å². The van der Waals surface area contributed by atoms with Crippen molar-refractivity contribution >= 4 is 51.0 Å². The number of fused-ring (bicyclic) bond motifs is 2. The minimum absolute atomic E-state index is 0.196. The highest BCUT2D eigenvalue weighted by Gasteiger charge is 2.20. The van der Waals surface area contributed by atoms with Gasteiger partial charge < -0.3 is 14.1 Å². The molecule has 0 fully saturated rings. The van der Waals surface area contributed by atoms with E-state index in [1.807, 2.05) is 18.2 Å². The molecular formula is C21H11Cl2N3O3. The van der Waals surface area contributed by atoms with Crippen LogP contribution in [0.2, 0.25) is 10.2 Å². The molecule has 0 atom stereocenters. The van der Waals surface area contributed by atoms with Gasteiger partial charge in [-0.1, -0.05) is 35.3 Å².